The molecule has 3 fully saturated rings. The van der Waals surface area contributed by atoms with E-state index < -0.39 is 47.6 Å². The predicted octanol–water partition coefficient (Wildman–Crippen LogP) is 2.63. The summed E-state index contributed by atoms with van der Waals surface area (Å²) in [5.74, 6) is -2.23. The molecule has 1 saturated heterocycles. The van der Waals surface area contributed by atoms with E-state index in [1.807, 2.05) is 14.0 Å². The van der Waals surface area contributed by atoms with E-state index in [2.05, 4.69) is 25.9 Å². The lowest BCUT2D eigenvalue weighted by molar-refractivity contribution is -0.141. The van der Waals surface area contributed by atoms with Crippen molar-refractivity contribution in [1.29, 1.82) is 0 Å². The van der Waals surface area contributed by atoms with Gasteiger partial charge in [-0.3, -0.25) is 23.9 Å². The Kier molecular flexibility index (Phi) is 12.6. The van der Waals surface area contributed by atoms with E-state index >= 15 is 4.39 Å². The second-order valence-corrected chi connectivity index (χ2v) is 13.9. The van der Waals surface area contributed by atoms with E-state index in [0.717, 1.165) is 25.7 Å². The molecule has 0 spiro atoms. The number of aromatic nitrogens is 2. The topological polar surface area (TPSA) is 147 Å². The van der Waals surface area contributed by atoms with Crippen LogP contribution < -0.4 is 16.0 Å². The van der Waals surface area contributed by atoms with Crippen LogP contribution in [-0.4, -0.2) is 115 Å². The van der Waals surface area contributed by atoms with Crippen molar-refractivity contribution >= 4 is 29.3 Å². The number of methoxy groups -OCH3 is 1. The van der Waals surface area contributed by atoms with Gasteiger partial charge in [0.25, 0.3) is 5.91 Å². The molecule has 0 bridgehead atoms. The third kappa shape index (κ3) is 9.26. The molecule has 0 radical (unpaired) electrons. The molecule has 3 N–H and O–H groups in total. The first-order chi connectivity index (χ1) is 24.0. The van der Waals surface area contributed by atoms with Gasteiger partial charge in [0.1, 0.15) is 29.7 Å². The smallest absolute Gasteiger partial charge is 0.270 e. The second-order valence-electron chi connectivity index (χ2n) is 13.9. The van der Waals surface area contributed by atoms with Crippen molar-refractivity contribution in [3.8, 4) is 0 Å². The zero-order valence-electron chi connectivity index (χ0n) is 29.8. The van der Waals surface area contributed by atoms with E-state index in [0.29, 0.717) is 62.4 Å². The standard InChI is InChI=1S/C36H52FN7O6/c1-6-44-29(13-14-38-44)34(46)41-32(30(24-7-8-24)25-9-10-25)35(47)39-28-12-11-26(21-27(28)37)22(2)31(36(48)43-17-15-42(4)16-18-43)40-33(45)23(3)50-20-19-49-5/h11-14,21-25,30-32H,6-10,15-20H2,1-5H3,(H,39,47)(H,40,45)(H,41,46)/t22-,23-,31+,32-/m0/s1. The lowest BCUT2D eigenvalue weighted by Crippen LogP contribution is -2.56. The van der Waals surface area contributed by atoms with Crippen LogP contribution in [0.15, 0.2) is 30.5 Å². The summed E-state index contributed by atoms with van der Waals surface area (Å²) in [6.45, 7) is 8.72. The number of hydrogen-bond acceptors (Lipinski definition) is 8. The normalized spacial score (nSPS) is 19.1. The number of nitrogens with one attached hydrogen (secondary N) is 3. The number of carbonyl (C=O) groups is 4. The highest BCUT2D eigenvalue weighted by molar-refractivity contribution is 6.01. The molecule has 2 aromatic rings. The van der Waals surface area contributed by atoms with Crippen molar-refractivity contribution in [2.75, 3.05) is 58.9 Å². The Labute approximate surface area is 293 Å². The Morgan fingerprint density at radius 1 is 0.940 bits per heavy atom. The summed E-state index contributed by atoms with van der Waals surface area (Å²) in [6.07, 6.45) is 4.71. The molecule has 2 saturated carbocycles. The first kappa shape index (κ1) is 37.4. The van der Waals surface area contributed by atoms with E-state index in [1.54, 1.807) is 41.8 Å². The van der Waals surface area contributed by atoms with Gasteiger partial charge in [0.15, 0.2) is 0 Å². The number of likely N-dealkylation sites (N-methyl/N-ethyl adjacent to an activating group) is 1. The molecule has 1 aromatic heterocycles. The predicted molar refractivity (Wildman–Crippen MR) is 185 cm³/mol. The number of piperazine rings is 1. The fraction of sp³-hybridized carbons (Fsp3) is 0.639. The van der Waals surface area contributed by atoms with Gasteiger partial charge < -0.3 is 35.2 Å². The minimum atomic E-state index is -0.979. The summed E-state index contributed by atoms with van der Waals surface area (Å²) in [7, 11) is 3.53. The molecule has 50 heavy (non-hydrogen) atoms. The zero-order chi connectivity index (χ0) is 35.9. The lowest BCUT2D eigenvalue weighted by atomic mass is 9.88. The molecular formula is C36H52FN7O6. The quantitative estimate of drug-likeness (QED) is 0.214. The summed E-state index contributed by atoms with van der Waals surface area (Å²) in [6, 6.07) is 4.23. The van der Waals surface area contributed by atoms with Gasteiger partial charge in [-0.05, 0) is 88.1 Å². The fourth-order valence-electron chi connectivity index (χ4n) is 6.82. The van der Waals surface area contributed by atoms with Crippen LogP contribution in [0.5, 0.6) is 0 Å². The number of hydrogen-bond donors (Lipinski definition) is 3. The van der Waals surface area contributed by atoms with Crippen molar-refractivity contribution in [1.82, 2.24) is 30.2 Å². The molecule has 2 heterocycles. The molecule has 4 amide bonds. The summed E-state index contributed by atoms with van der Waals surface area (Å²) >= 11 is 0. The number of carbonyl (C=O) groups excluding carboxylic acids is 4. The van der Waals surface area contributed by atoms with Gasteiger partial charge in [-0.1, -0.05) is 13.0 Å². The van der Waals surface area contributed by atoms with Gasteiger partial charge in [0.05, 0.1) is 18.9 Å². The number of halogens is 1. The maximum Gasteiger partial charge on any atom is 0.270 e. The van der Waals surface area contributed by atoms with Crippen molar-refractivity contribution in [3.05, 3.63) is 47.5 Å². The molecular weight excluding hydrogens is 645 g/mol. The third-order valence-electron chi connectivity index (χ3n) is 10.2. The summed E-state index contributed by atoms with van der Waals surface area (Å²) in [5, 5.41) is 12.8. The molecule has 3 aliphatic rings. The maximum absolute atomic E-state index is 15.9. The highest BCUT2D eigenvalue weighted by atomic mass is 19.1. The molecule has 13 nitrogen and oxygen atoms in total. The van der Waals surface area contributed by atoms with Crippen LogP contribution in [0.25, 0.3) is 0 Å². The monoisotopic (exact) mass is 697 g/mol. The van der Waals surface area contributed by atoms with Crippen LogP contribution in [0.2, 0.25) is 0 Å². The van der Waals surface area contributed by atoms with Gasteiger partial charge >= 0.3 is 0 Å². The number of nitrogens with zero attached hydrogens (tertiary/aromatic N) is 4. The first-order valence-corrected chi connectivity index (χ1v) is 17.8. The van der Waals surface area contributed by atoms with Crippen LogP contribution in [0.4, 0.5) is 10.1 Å². The molecule has 14 heteroatoms. The van der Waals surface area contributed by atoms with E-state index in [1.165, 1.54) is 19.2 Å². The van der Waals surface area contributed by atoms with Gasteiger partial charge in [-0.15, -0.1) is 0 Å². The average Bonchev–Trinajstić information content (AvgIpc) is 4.06. The van der Waals surface area contributed by atoms with Gasteiger partial charge in [0, 0.05) is 51.9 Å². The second kappa shape index (κ2) is 16.9. The minimum Gasteiger partial charge on any atom is -0.382 e. The Balaban J connectivity index is 1.33. The molecule has 2 aliphatic carbocycles. The van der Waals surface area contributed by atoms with Crippen molar-refractivity contribution in [2.24, 2.45) is 17.8 Å². The number of ether oxygens (including phenoxy) is 2. The van der Waals surface area contributed by atoms with Crippen molar-refractivity contribution < 1.29 is 33.0 Å². The molecule has 1 aliphatic heterocycles. The zero-order valence-corrected chi connectivity index (χ0v) is 29.8. The highest BCUT2D eigenvalue weighted by Gasteiger charge is 2.48. The van der Waals surface area contributed by atoms with Crippen molar-refractivity contribution in [2.45, 2.75) is 77.1 Å². The Hall–Kier alpha value is -3.88. The molecule has 274 valence electrons. The molecule has 0 unspecified atom stereocenters. The summed E-state index contributed by atoms with van der Waals surface area (Å²) < 4.78 is 28.0. The molecule has 1 aromatic carbocycles. The number of amides is 4. The summed E-state index contributed by atoms with van der Waals surface area (Å²) in [4.78, 5) is 58.1. The Bertz CT molecular complexity index is 1490. The van der Waals surface area contributed by atoms with Crippen LogP contribution >= 0.6 is 0 Å². The van der Waals surface area contributed by atoms with Gasteiger partial charge in [-0.2, -0.15) is 5.10 Å². The maximum atomic E-state index is 15.9. The van der Waals surface area contributed by atoms with Crippen molar-refractivity contribution in [3.63, 3.8) is 0 Å². The number of anilines is 1. The number of rotatable bonds is 17. The van der Waals surface area contributed by atoms with Gasteiger partial charge in [-0.25, -0.2) is 4.39 Å². The van der Waals surface area contributed by atoms with Crippen LogP contribution in [0.3, 0.4) is 0 Å². The minimum absolute atomic E-state index is 0.0275. The largest absolute Gasteiger partial charge is 0.382 e. The fourth-order valence-corrected chi connectivity index (χ4v) is 6.82. The Morgan fingerprint density at radius 3 is 2.22 bits per heavy atom. The van der Waals surface area contributed by atoms with E-state index in [-0.39, 0.29) is 24.1 Å². The lowest BCUT2D eigenvalue weighted by Gasteiger charge is -2.36. The van der Waals surface area contributed by atoms with Crippen LogP contribution in [0, 0.1) is 23.6 Å². The van der Waals surface area contributed by atoms with E-state index in [4.69, 9.17) is 9.47 Å². The van der Waals surface area contributed by atoms with Crippen LogP contribution in [-0.2, 0) is 30.4 Å². The van der Waals surface area contributed by atoms with E-state index in [9.17, 15) is 19.2 Å². The van der Waals surface area contributed by atoms with Crippen LogP contribution in [0.1, 0.15) is 68.4 Å². The number of benzene rings is 1. The van der Waals surface area contributed by atoms with Gasteiger partial charge in [0.2, 0.25) is 17.7 Å². The average molecular weight is 698 g/mol. The molecule has 4 atom stereocenters. The first-order valence-electron chi connectivity index (χ1n) is 17.8. The highest BCUT2D eigenvalue weighted by Crippen LogP contribution is 2.51. The number of aryl methyl sites for hydroxylation is 1. The summed E-state index contributed by atoms with van der Waals surface area (Å²) in [5.41, 5.74) is 0.817. The molecule has 5 rings (SSSR count). The Morgan fingerprint density at radius 2 is 1.62 bits per heavy atom. The third-order valence-corrected chi connectivity index (χ3v) is 10.2. The SMILES string of the molecule is CCn1nccc1C(=O)N[C@H](C(=O)Nc1ccc([C@H](C)[C@@H](NC(=O)[C@H](C)OCCOC)C(=O)N2CCN(C)CC2)cc1F)C(C1CC1)C1CC1.